The lowest BCUT2D eigenvalue weighted by molar-refractivity contribution is -0.124. The summed E-state index contributed by atoms with van der Waals surface area (Å²) in [7, 11) is 0. The standard InChI is InChI=1S/C21H22ClN3O2/c1-13(8-15-10-24-21-17(15)6-3-7-18(21)23)25-11-19(27-20(25)12-26)14-4-2-5-16(22)9-14/h2-7,9-10,12-13,19-20,24H,8,11,23H2,1H3/t13-,19+,20?/m1/s1. The third-order valence-corrected chi connectivity index (χ3v) is 5.49. The summed E-state index contributed by atoms with van der Waals surface area (Å²) >= 11 is 6.10. The molecule has 0 amide bonds. The van der Waals surface area contributed by atoms with E-state index in [0.717, 1.165) is 34.9 Å². The number of nitrogens with two attached hydrogens (primary N) is 1. The maximum absolute atomic E-state index is 11.6. The number of halogens is 1. The zero-order chi connectivity index (χ0) is 19.0. The molecular weight excluding hydrogens is 362 g/mol. The summed E-state index contributed by atoms with van der Waals surface area (Å²) in [6.07, 6.45) is 2.94. The lowest BCUT2D eigenvalue weighted by Gasteiger charge is -2.25. The van der Waals surface area contributed by atoms with Crippen LogP contribution in [-0.2, 0) is 16.0 Å². The Morgan fingerprint density at radius 1 is 1.37 bits per heavy atom. The number of carbonyl (C=O) groups excluding carboxylic acids is 1. The summed E-state index contributed by atoms with van der Waals surface area (Å²) in [6.45, 7) is 2.76. The number of nitrogens with zero attached hydrogens (tertiary/aromatic N) is 1. The number of anilines is 1. The van der Waals surface area contributed by atoms with Crippen LogP contribution in [0.5, 0.6) is 0 Å². The molecule has 0 saturated carbocycles. The maximum Gasteiger partial charge on any atom is 0.168 e. The van der Waals surface area contributed by atoms with Crippen LogP contribution in [0, 0.1) is 0 Å². The summed E-state index contributed by atoms with van der Waals surface area (Å²) in [5.41, 5.74) is 9.91. The van der Waals surface area contributed by atoms with Gasteiger partial charge >= 0.3 is 0 Å². The number of benzene rings is 2. The number of aldehydes is 1. The van der Waals surface area contributed by atoms with Crippen molar-refractivity contribution < 1.29 is 9.53 Å². The van der Waals surface area contributed by atoms with Crippen molar-refractivity contribution >= 4 is 34.5 Å². The SMILES string of the molecule is C[C@H](Cc1c[nH]c2c(N)cccc12)N1C[C@@H](c2cccc(Cl)c2)OC1C=O. The molecule has 140 valence electrons. The number of hydrogen-bond donors (Lipinski definition) is 2. The molecule has 5 nitrogen and oxygen atoms in total. The molecule has 3 atom stereocenters. The summed E-state index contributed by atoms with van der Waals surface area (Å²) in [5.74, 6) is 0. The molecule has 2 heterocycles. The predicted octanol–water partition coefficient (Wildman–Crippen LogP) is 3.93. The van der Waals surface area contributed by atoms with Gasteiger partial charge in [-0.2, -0.15) is 0 Å². The van der Waals surface area contributed by atoms with E-state index in [-0.39, 0.29) is 12.1 Å². The van der Waals surface area contributed by atoms with Gasteiger partial charge in [-0.3, -0.25) is 9.69 Å². The largest absolute Gasteiger partial charge is 0.397 e. The second-order valence-corrected chi connectivity index (χ2v) is 7.48. The normalized spacial score (nSPS) is 21.6. The molecule has 1 aliphatic heterocycles. The first-order chi connectivity index (χ1) is 13.1. The fourth-order valence-electron chi connectivity index (χ4n) is 3.86. The minimum atomic E-state index is -0.556. The first-order valence-electron chi connectivity index (χ1n) is 9.03. The van der Waals surface area contributed by atoms with Crippen LogP contribution < -0.4 is 5.73 Å². The maximum atomic E-state index is 11.6. The Bertz CT molecular complexity index is 971. The van der Waals surface area contributed by atoms with E-state index < -0.39 is 6.23 Å². The number of fused-ring (bicyclic) bond motifs is 1. The van der Waals surface area contributed by atoms with E-state index in [1.54, 1.807) is 0 Å². The number of rotatable bonds is 5. The number of nitrogens with one attached hydrogen (secondary N) is 1. The molecule has 1 saturated heterocycles. The summed E-state index contributed by atoms with van der Waals surface area (Å²) in [6, 6.07) is 13.7. The first kappa shape index (κ1) is 18.0. The molecule has 0 radical (unpaired) electrons. The second kappa shape index (κ2) is 7.35. The quantitative estimate of drug-likeness (QED) is 0.517. The van der Waals surface area contributed by atoms with Crippen molar-refractivity contribution in [2.24, 2.45) is 0 Å². The van der Waals surface area contributed by atoms with Gasteiger partial charge in [-0.15, -0.1) is 0 Å². The predicted molar refractivity (Wildman–Crippen MR) is 108 cm³/mol. The molecule has 1 unspecified atom stereocenters. The zero-order valence-corrected chi connectivity index (χ0v) is 15.8. The fourth-order valence-corrected chi connectivity index (χ4v) is 4.06. The Kier molecular flexibility index (Phi) is 4.91. The highest BCUT2D eigenvalue weighted by atomic mass is 35.5. The van der Waals surface area contributed by atoms with Crippen molar-refractivity contribution in [3.63, 3.8) is 0 Å². The number of ether oxygens (including phenoxy) is 1. The molecule has 0 aliphatic carbocycles. The van der Waals surface area contributed by atoms with E-state index in [1.807, 2.05) is 42.6 Å². The van der Waals surface area contributed by atoms with E-state index in [9.17, 15) is 4.79 Å². The highest BCUT2D eigenvalue weighted by Gasteiger charge is 2.36. The van der Waals surface area contributed by atoms with Crippen molar-refractivity contribution in [1.29, 1.82) is 0 Å². The van der Waals surface area contributed by atoms with E-state index in [2.05, 4.69) is 22.9 Å². The smallest absolute Gasteiger partial charge is 0.168 e. The van der Waals surface area contributed by atoms with Gasteiger partial charge in [0.15, 0.2) is 12.5 Å². The van der Waals surface area contributed by atoms with Crippen LogP contribution in [0.15, 0.2) is 48.7 Å². The number of H-pyrrole nitrogens is 1. The van der Waals surface area contributed by atoms with E-state index >= 15 is 0 Å². The first-order valence-corrected chi connectivity index (χ1v) is 9.41. The molecule has 3 aromatic rings. The van der Waals surface area contributed by atoms with Gasteiger partial charge in [0.05, 0.1) is 17.3 Å². The Morgan fingerprint density at radius 2 is 2.19 bits per heavy atom. The van der Waals surface area contributed by atoms with Crippen molar-refractivity contribution in [2.75, 3.05) is 12.3 Å². The molecular formula is C21H22ClN3O2. The minimum Gasteiger partial charge on any atom is -0.397 e. The Balaban J connectivity index is 1.54. The monoisotopic (exact) mass is 383 g/mol. The molecule has 0 spiro atoms. The lowest BCUT2D eigenvalue weighted by atomic mass is 10.0. The van der Waals surface area contributed by atoms with E-state index in [1.165, 1.54) is 5.56 Å². The van der Waals surface area contributed by atoms with Gasteiger partial charge in [0.1, 0.15) is 0 Å². The Labute approximate surface area is 163 Å². The highest BCUT2D eigenvalue weighted by Crippen LogP contribution is 2.32. The molecule has 6 heteroatoms. The Morgan fingerprint density at radius 3 is 2.96 bits per heavy atom. The summed E-state index contributed by atoms with van der Waals surface area (Å²) in [4.78, 5) is 17.0. The third-order valence-electron chi connectivity index (χ3n) is 5.26. The third kappa shape index (κ3) is 3.46. The number of hydrogen-bond acceptors (Lipinski definition) is 4. The number of aromatic amines is 1. The molecule has 27 heavy (non-hydrogen) atoms. The van der Waals surface area contributed by atoms with Gasteiger partial charge in [-0.1, -0.05) is 35.9 Å². The average Bonchev–Trinajstić information content (AvgIpc) is 3.27. The molecule has 2 aromatic carbocycles. The Hall–Kier alpha value is -2.34. The lowest BCUT2D eigenvalue weighted by Crippen LogP contribution is -2.40. The van der Waals surface area contributed by atoms with Crippen molar-refractivity contribution in [2.45, 2.75) is 31.7 Å². The number of carbonyl (C=O) groups is 1. The molecule has 4 rings (SSSR count). The van der Waals surface area contributed by atoms with Crippen LogP contribution in [0.1, 0.15) is 24.2 Å². The van der Waals surface area contributed by atoms with Crippen LogP contribution in [0.4, 0.5) is 5.69 Å². The average molecular weight is 384 g/mol. The minimum absolute atomic E-state index is 0.129. The molecule has 3 N–H and O–H groups in total. The van der Waals surface area contributed by atoms with Crippen LogP contribution in [0.2, 0.25) is 5.02 Å². The van der Waals surface area contributed by atoms with Crippen molar-refractivity contribution in [3.05, 3.63) is 64.8 Å². The van der Waals surface area contributed by atoms with Gasteiger partial charge in [-0.05, 0) is 42.7 Å². The van der Waals surface area contributed by atoms with Crippen molar-refractivity contribution in [1.82, 2.24) is 9.88 Å². The van der Waals surface area contributed by atoms with Gasteiger partial charge in [0, 0.05) is 29.2 Å². The second-order valence-electron chi connectivity index (χ2n) is 7.04. The van der Waals surface area contributed by atoms with Gasteiger partial charge < -0.3 is 15.5 Å². The van der Waals surface area contributed by atoms with Crippen LogP contribution in [0.3, 0.4) is 0 Å². The number of nitrogen functional groups attached to an aromatic ring is 1. The van der Waals surface area contributed by atoms with Crippen LogP contribution >= 0.6 is 11.6 Å². The molecule has 1 aromatic heterocycles. The zero-order valence-electron chi connectivity index (χ0n) is 15.1. The number of aromatic nitrogens is 1. The fraction of sp³-hybridized carbons (Fsp3) is 0.286. The van der Waals surface area contributed by atoms with Crippen molar-refractivity contribution in [3.8, 4) is 0 Å². The molecule has 0 bridgehead atoms. The van der Waals surface area contributed by atoms with E-state index in [4.69, 9.17) is 22.1 Å². The molecule has 1 aliphatic rings. The summed E-state index contributed by atoms with van der Waals surface area (Å²) < 4.78 is 5.98. The summed E-state index contributed by atoms with van der Waals surface area (Å²) in [5, 5.41) is 1.79. The van der Waals surface area contributed by atoms with E-state index in [0.29, 0.717) is 11.6 Å². The highest BCUT2D eigenvalue weighted by molar-refractivity contribution is 6.30. The topological polar surface area (TPSA) is 71.3 Å². The molecule has 1 fully saturated rings. The van der Waals surface area contributed by atoms with Crippen LogP contribution in [-0.4, -0.2) is 35.0 Å². The van der Waals surface area contributed by atoms with Gasteiger partial charge in [-0.25, -0.2) is 0 Å². The van der Waals surface area contributed by atoms with Crippen LogP contribution in [0.25, 0.3) is 10.9 Å². The van der Waals surface area contributed by atoms with Gasteiger partial charge in [0.25, 0.3) is 0 Å². The van der Waals surface area contributed by atoms with Gasteiger partial charge in [0.2, 0.25) is 0 Å². The number of para-hydroxylation sites is 1.